The number of halogens is 1. The first-order valence-corrected chi connectivity index (χ1v) is 6.99. The highest BCUT2D eigenvalue weighted by Gasteiger charge is 2.28. The first-order valence-electron chi connectivity index (χ1n) is 6.99. The van der Waals surface area contributed by atoms with Crippen LogP contribution < -0.4 is 5.73 Å². The number of hydrogen-bond donors (Lipinski definition) is 1. The van der Waals surface area contributed by atoms with Crippen molar-refractivity contribution in [2.24, 2.45) is 5.73 Å². The molecule has 5 heteroatoms. The van der Waals surface area contributed by atoms with Crippen molar-refractivity contribution < 1.29 is 9.18 Å². The minimum atomic E-state index is -0.240. The lowest BCUT2D eigenvalue weighted by Crippen LogP contribution is -2.51. The minimum absolute atomic E-state index is 0.0141. The largest absolute Gasteiger partial charge is 0.340 e. The standard InChI is InChI=1S/C15H22FN3O/c1-11(17)15(13-4-3-5-14(16)10-13)19-8-6-18(7-9-19)12(2)20/h3-5,10-11,15H,6-9,17H2,1-2H3. The van der Waals surface area contributed by atoms with Crippen LogP contribution in [0.5, 0.6) is 0 Å². The van der Waals surface area contributed by atoms with Gasteiger partial charge in [0, 0.05) is 45.2 Å². The van der Waals surface area contributed by atoms with Crippen molar-refractivity contribution in [2.45, 2.75) is 25.9 Å². The van der Waals surface area contributed by atoms with Crippen LogP contribution in [0.25, 0.3) is 0 Å². The molecule has 1 aliphatic rings. The summed E-state index contributed by atoms with van der Waals surface area (Å²) in [5, 5.41) is 0. The van der Waals surface area contributed by atoms with E-state index >= 15 is 0 Å². The van der Waals surface area contributed by atoms with Crippen LogP contribution in [-0.2, 0) is 4.79 Å². The summed E-state index contributed by atoms with van der Waals surface area (Å²) in [4.78, 5) is 15.4. The number of amides is 1. The number of hydrogen-bond acceptors (Lipinski definition) is 3. The smallest absolute Gasteiger partial charge is 0.219 e. The second kappa shape index (κ2) is 6.33. The molecule has 2 rings (SSSR count). The van der Waals surface area contributed by atoms with Gasteiger partial charge in [-0.1, -0.05) is 12.1 Å². The van der Waals surface area contributed by atoms with Crippen molar-refractivity contribution in [3.8, 4) is 0 Å². The van der Waals surface area contributed by atoms with E-state index in [1.165, 1.54) is 6.07 Å². The number of nitrogens with zero attached hydrogens (tertiary/aromatic N) is 2. The average Bonchev–Trinajstić information content (AvgIpc) is 2.39. The molecule has 4 nitrogen and oxygen atoms in total. The van der Waals surface area contributed by atoms with Crippen molar-refractivity contribution in [1.82, 2.24) is 9.80 Å². The Balaban J connectivity index is 2.13. The number of carbonyl (C=O) groups excluding carboxylic acids is 1. The van der Waals surface area contributed by atoms with E-state index in [1.54, 1.807) is 19.1 Å². The van der Waals surface area contributed by atoms with Gasteiger partial charge in [-0.05, 0) is 24.6 Å². The Morgan fingerprint density at radius 3 is 2.45 bits per heavy atom. The molecule has 2 unspecified atom stereocenters. The highest BCUT2D eigenvalue weighted by atomic mass is 19.1. The Kier molecular flexibility index (Phi) is 4.73. The Hall–Kier alpha value is -1.46. The summed E-state index contributed by atoms with van der Waals surface area (Å²) in [7, 11) is 0. The Labute approximate surface area is 119 Å². The van der Waals surface area contributed by atoms with Gasteiger partial charge in [0.05, 0.1) is 0 Å². The van der Waals surface area contributed by atoms with E-state index < -0.39 is 0 Å². The van der Waals surface area contributed by atoms with Gasteiger partial charge < -0.3 is 10.6 Å². The molecule has 0 bridgehead atoms. The van der Waals surface area contributed by atoms with Gasteiger partial charge >= 0.3 is 0 Å². The number of piperazine rings is 1. The van der Waals surface area contributed by atoms with Crippen molar-refractivity contribution in [1.29, 1.82) is 0 Å². The predicted octanol–water partition coefficient (Wildman–Crippen LogP) is 1.38. The van der Waals surface area contributed by atoms with Crippen molar-refractivity contribution >= 4 is 5.91 Å². The van der Waals surface area contributed by atoms with E-state index in [0.29, 0.717) is 13.1 Å². The normalized spacial score (nSPS) is 19.7. The molecule has 0 spiro atoms. The molecule has 1 fully saturated rings. The summed E-state index contributed by atoms with van der Waals surface area (Å²) < 4.78 is 13.4. The monoisotopic (exact) mass is 279 g/mol. The second-order valence-corrected chi connectivity index (χ2v) is 5.40. The Morgan fingerprint density at radius 1 is 1.30 bits per heavy atom. The molecule has 2 N–H and O–H groups in total. The van der Waals surface area contributed by atoms with Gasteiger partial charge in [-0.25, -0.2) is 4.39 Å². The number of benzene rings is 1. The SMILES string of the molecule is CC(=O)N1CCN(C(c2cccc(F)c2)C(C)N)CC1. The van der Waals surface area contributed by atoms with Crippen LogP contribution >= 0.6 is 0 Å². The van der Waals surface area contributed by atoms with Crippen LogP contribution in [0, 0.1) is 5.82 Å². The molecule has 2 atom stereocenters. The average molecular weight is 279 g/mol. The van der Waals surface area contributed by atoms with Crippen molar-refractivity contribution in [2.75, 3.05) is 26.2 Å². The van der Waals surface area contributed by atoms with E-state index in [9.17, 15) is 9.18 Å². The van der Waals surface area contributed by atoms with E-state index in [2.05, 4.69) is 4.90 Å². The third kappa shape index (κ3) is 3.35. The molecule has 1 aromatic rings. The molecule has 0 aromatic heterocycles. The van der Waals surface area contributed by atoms with Gasteiger partial charge in [-0.3, -0.25) is 9.69 Å². The zero-order chi connectivity index (χ0) is 14.7. The van der Waals surface area contributed by atoms with Gasteiger partial charge in [0.1, 0.15) is 5.82 Å². The molecule has 0 radical (unpaired) electrons. The van der Waals surface area contributed by atoms with Crippen LogP contribution in [0.1, 0.15) is 25.5 Å². The van der Waals surface area contributed by atoms with Gasteiger partial charge in [0.2, 0.25) is 5.91 Å². The maximum absolute atomic E-state index is 13.4. The zero-order valence-corrected chi connectivity index (χ0v) is 12.1. The first-order chi connectivity index (χ1) is 9.49. The van der Waals surface area contributed by atoms with Crippen LogP contribution in [-0.4, -0.2) is 47.9 Å². The molecule has 1 saturated heterocycles. The molecule has 1 aromatic carbocycles. The van der Waals surface area contributed by atoms with Crippen LogP contribution in [0.15, 0.2) is 24.3 Å². The maximum Gasteiger partial charge on any atom is 0.219 e. The minimum Gasteiger partial charge on any atom is -0.340 e. The summed E-state index contributed by atoms with van der Waals surface area (Å²) in [5.74, 6) is -0.136. The van der Waals surface area contributed by atoms with Crippen molar-refractivity contribution in [3.05, 3.63) is 35.6 Å². The van der Waals surface area contributed by atoms with Gasteiger partial charge in [-0.15, -0.1) is 0 Å². The fourth-order valence-corrected chi connectivity index (χ4v) is 2.85. The van der Waals surface area contributed by atoms with E-state index in [0.717, 1.165) is 18.7 Å². The van der Waals surface area contributed by atoms with Crippen LogP contribution in [0.3, 0.4) is 0 Å². The topological polar surface area (TPSA) is 49.6 Å². The molecule has 0 aliphatic carbocycles. The molecule has 110 valence electrons. The lowest BCUT2D eigenvalue weighted by molar-refractivity contribution is -0.130. The third-order valence-corrected chi connectivity index (χ3v) is 3.84. The molecule has 0 saturated carbocycles. The summed E-state index contributed by atoms with van der Waals surface area (Å²) in [5.41, 5.74) is 7.00. The lowest BCUT2D eigenvalue weighted by atomic mass is 9.98. The summed E-state index contributed by atoms with van der Waals surface area (Å²) in [6.45, 7) is 6.46. The molecule has 20 heavy (non-hydrogen) atoms. The lowest BCUT2D eigenvalue weighted by Gasteiger charge is -2.40. The van der Waals surface area contributed by atoms with E-state index in [1.807, 2.05) is 17.9 Å². The van der Waals surface area contributed by atoms with Gasteiger partial charge in [0.25, 0.3) is 0 Å². The van der Waals surface area contributed by atoms with Crippen LogP contribution in [0.4, 0.5) is 4.39 Å². The fraction of sp³-hybridized carbons (Fsp3) is 0.533. The quantitative estimate of drug-likeness (QED) is 0.909. The summed E-state index contributed by atoms with van der Waals surface area (Å²) in [6.07, 6.45) is 0. The Morgan fingerprint density at radius 2 is 1.95 bits per heavy atom. The van der Waals surface area contributed by atoms with Gasteiger partial charge in [-0.2, -0.15) is 0 Å². The number of nitrogens with two attached hydrogens (primary N) is 1. The third-order valence-electron chi connectivity index (χ3n) is 3.84. The van der Waals surface area contributed by atoms with Crippen molar-refractivity contribution in [3.63, 3.8) is 0 Å². The predicted molar refractivity (Wildman–Crippen MR) is 76.6 cm³/mol. The van der Waals surface area contributed by atoms with E-state index in [-0.39, 0.29) is 23.8 Å². The summed E-state index contributed by atoms with van der Waals surface area (Å²) >= 11 is 0. The van der Waals surface area contributed by atoms with Gasteiger partial charge in [0.15, 0.2) is 0 Å². The molecule has 1 amide bonds. The molecule has 1 aliphatic heterocycles. The fourth-order valence-electron chi connectivity index (χ4n) is 2.85. The van der Waals surface area contributed by atoms with Crippen LogP contribution in [0.2, 0.25) is 0 Å². The molecular weight excluding hydrogens is 257 g/mol. The second-order valence-electron chi connectivity index (χ2n) is 5.40. The number of rotatable bonds is 3. The Bertz CT molecular complexity index is 470. The first kappa shape index (κ1) is 14.9. The summed E-state index contributed by atoms with van der Waals surface area (Å²) in [6, 6.07) is 6.50. The van der Waals surface area contributed by atoms with E-state index in [4.69, 9.17) is 5.73 Å². The molecule has 1 heterocycles. The number of carbonyl (C=O) groups is 1. The zero-order valence-electron chi connectivity index (χ0n) is 12.1. The maximum atomic E-state index is 13.4. The highest BCUT2D eigenvalue weighted by Crippen LogP contribution is 2.25. The highest BCUT2D eigenvalue weighted by molar-refractivity contribution is 5.73. The molecular formula is C15H22FN3O.